The SMILES string of the molecule is Cc1ccc(NC[C@H]2CCN(CC(=O)NCc3ccco3)C2)nc1. The van der Waals surface area contributed by atoms with Crippen LogP contribution in [-0.4, -0.2) is 42.0 Å². The van der Waals surface area contributed by atoms with E-state index in [1.54, 1.807) is 6.26 Å². The van der Waals surface area contributed by atoms with E-state index in [0.717, 1.165) is 43.2 Å². The number of aromatic nitrogens is 1. The van der Waals surface area contributed by atoms with Crippen LogP contribution < -0.4 is 10.6 Å². The first kappa shape index (κ1) is 16.5. The van der Waals surface area contributed by atoms with Crippen LogP contribution in [0.25, 0.3) is 0 Å². The predicted molar refractivity (Wildman–Crippen MR) is 92.6 cm³/mol. The van der Waals surface area contributed by atoms with E-state index < -0.39 is 0 Å². The lowest BCUT2D eigenvalue weighted by atomic mass is 10.1. The molecule has 0 aromatic carbocycles. The Labute approximate surface area is 142 Å². The van der Waals surface area contributed by atoms with Gasteiger partial charge in [-0.3, -0.25) is 9.69 Å². The van der Waals surface area contributed by atoms with Crippen LogP contribution in [0.2, 0.25) is 0 Å². The molecule has 3 rings (SSSR count). The van der Waals surface area contributed by atoms with E-state index in [-0.39, 0.29) is 5.91 Å². The van der Waals surface area contributed by atoms with Crippen molar-refractivity contribution in [3.63, 3.8) is 0 Å². The van der Waals surface area contributed by atoms with Crippen molar-refractivity contribution in [2.45, 2.75) is 19.9 Å². The molecule has 0 saturated carbocycles. The fourth-order valence-electron chi connectivity index (χ4n) is 2.90. The number of amides is 1. The van der Waals surface area contributed by atoms with Crippen LogP contribution in [0, 0.1) is 12.8 Å². The van der Waals surface area contributed by atoms with Gasteiger partial charge < -0.3 is 15.1 Å². The number of anilines is 1. The van der Waals surface area contributed by atoms with E-state index >= 15 is 0 Å². The van der Waals surface area contributed by atoms with E-state index in [1.165, 1.54) is 0 Å². The number of rotatable bonds is 7. The lowest BCUT2D eigenvalue weighted by Crippen LogP contribution is -2.36. The number of carbonyl (C=O) groups is 1. The summed E-state index contributed by atoms with van der Waals surface area (Å²) in [5, 5.41) is 6.27. The van der Waals surface area contributed by atoms with Crippen molar-refractivity contribution < 1.29 is 9.21 Å². The molecule has 2 N–H and O–H groups in total. The molecular formula is C18H24N4O2. The zero-order chi connectivity index (χ0) is 16.8. The predicted octanol–water partition coefficient (Wildman–Crippen LogP) is 2.03. The monoisotopic (exact) mass is 328 g/mol. The van der Waals surface area contributed by atoms with Crippen LogP contribution in [0.15, 0.2) is 41.1 Å². The van der Waals surface area contributed by atoms with Crippen LogP contribution >= 0.6 is 0 Å². The van der Waals surface area contributed by atoms with Crippen LogP contribution in [0.5, 0.6) is 0 Å². The summed E-state index contributed by atoms with van der Waals surface area (Å²) in [6, 6.07) is 7.74. The van der Waals surface area contributed by atoms with E-state index in [9.17, 15) is 4.79 Å². The lowest BCUT2D eigenvalue weighted by Gasteiger charge is -2.16. The minimum Gasteiger partial charge on any atom is -0.467 e. The average molecular weight is 328 g/mol. The second-order valence-electron chi connectivity index (χ2n) is 6.35. The molecule has 6 nitrogen and oxygen atoms in total. The Kier molecular flexibility index (Phi) is 5.48. The third-order valence-electron chi connectivity index (χ3n) is 4.26. The number of aryl methyl sites for hydroxylation is 1. The highest BCUT2D eigenvalue weighted by Crippen LogP contribution is 2.16. The van der Waals surface area contributed by atoms with Crippen LogP contribution in [0.4, 0.5) is 5.82 Å². The molecule has 3 heterocycles. The van der Waals surface area contributed by atoms with Gasteiger partial charge in [0, 0.05) is 19.3 Å². The molecule has 2 aromatic heterocycles. The van der Waals surface area contributed by atoms with Crippen molar-refractivity contribution >= 4 is 11.7 Å². The molecule has 128 valence electrons. The Hall–Kier alpha value is -2.34. The van der Waals surface area contributed by atoms with Gasteiger partial charge in [-0.15, -0.1) is 0 Å². The summed E-state index contributed by atoms with van der Waals surface area (Å²) >= 11 is 0. The van der Waals surface area contributed by atoms with E-state index in [4.69, 9.17) is 4.42 Å². The molecule has 0 unspecified atom stereocenters. The van der Waals surface area contributed by atoms with Crippen molar-refractivity contribution in [3.8, 4) is 0 Å². The van der Waals surface area contributed by atoms with E-state index in [2.05, 4.69) is 26.6 Å². The van der Waals surface area contributed by atoms with Crippen molar-refractivity contribution in [1.29, 1.82) is 0 Å². The maximum Gasteiger partial charge on any atom is 0.234 e. The molecule has 1 fully saturated rings. The number of carbonyl (C=O) groups excluding carboxylic acids is 1. The highest BCUT2D eigenvalue weighted by molar-refractivity contribution is 5.77. The third-order valence-corrected chi connectivity index (χ3v) is 4.26. The van der Waals surface area contributed by atoms with E-state index in [1.807, 2.05) is 31.3 Å². The molecule has 1 atom stereocenters. The normalized spacial score (nSPS) is 17.8. The Morgan fingerprint density at radius 1 is 1.42 bits per heavy atom. The topological polar surface area (TPSA) is 70.4 Å². The number of furan rings is 1. The zero-order valence-electron chi connectivity index (χ0n) is 14.0. The first-order valence-corrected chi connectivity index (χ1v) is 8.37. The summed E-state index contributed by atoms with van der Waals surface area (Å²) in [6.45, 7) is 5.71. The van der Waals surface area contributed by atoms with Crippen molar-refractivity contribution in [2.24, 2.45) is 5.92 Å². The first-order chi connectivity index (χ1) is 11.7. The summed E-state index contributed by atoms with van der Waals surface area (Å²) in [5.74, 6) is 2.28. The number of pyridine rings is 1. The smallest absolute Gasteiger partial charge is 0.234 e. The molecule has 1 saturated heterocycles. The van der Waals surface area contributed by atoms with Crippen LogP contribution in [0.3, 0.4) is 0 Å². The minimum absolute atomic E-state index is 0.0419. The molecule has 6 heteroatoms. The van der Waals surface area contributed by atoms with Gasteiger partial charge >= 0.3 is 0 Å². The fraction of sp³-hybridized carbons (Fsp3) is 0.444. The Balaban J connectivity index is 1.35. The van der Waals surface area contributed by atoms with Gasteiger partial charge in [0.2, 0.25) is 5.91 Å². The van der Waals surface area contributed by atoms with Crippen molar-refractivity contribution in [3.05, 3.63) is 48.0 Å². The van der Waals surface area contributed by atoms with Crippen LogP contribution in [-0.2, 0) is 11.3 Å². The van der Waals surface area contributed by atoms with E-state index in [0.29, 0.717) is 19.0 Å². The number of hydrogen-bond acceptors (Lipinski definition) is 5. The van der Waals surface area contributed by atoms with Crippen molar-refractivity contribution in [1.82, 2.24) is 15.2 Å². The van der Waals surface area contributed by atoms with Gasteiger partial charge in [0.1, 0.15) is 11.6 Å². The Bertz CT molecular complexity index is 640. The van der Waals surface area contributed by atoms with Gasteiger partial charge in [-0.05, 0) is 49.6 Å². The summed E-state index contributed by atoms with van der Waals surface area (Å²) in [5.41, 5.74) is 1.16. The van der Waals surface area contributed by atoms with Gasteiger partial charge in [0.15, 0.2) is 0 Å². The number of likely N-dealkylation sites (tertiary alicyclic amines) is 1. The average Bonchev–Trinajstić information content (AvgIpc) is 3.24. The minimum atomic E-state index is 0.0419. The summed E-state index contributed by atoms with van der Waals surface area (Å²) in [7, 11) is 0. The number of nitrogens with one attached hydrogen (secondary N) is 2. The molecule has 2 aromatic rings. The highest BCUT2D eigenvalue weighted by atomic mass is 16.3. The van der Waals surface area contributed by atoms with Crippen molar-refractivity contribution in [2.75, 3.05) is 31.5 Å². The fourth-order valence-corrected chi connectivity index (χ4v) is 2.90. The summed E-state index contributed by atoms with van der Waals surface area (Å²) in [6.07, 6.45) is 4.58. The molecule has 0 aliphatic carbocycles. The summed E-state index contributed by atoms with van der Waals surface area (Å²) < 4.78 is 5.21. The molecule has 0 spiro atoms. The summed E-state index contributed by atoms with van der Waals surface area (Å²) in [4.78, 5) is 18.6. The first-order valence-electron chi connectivity index (χ1n) is 8.37. The highest BCUT2D eigenvalue weighted by Gasteiger charge is 2.23. The van der Waals surface area contributed by atoms with Gasteiger partial charge in [-0.25, -0.2) is 4.98 Å². The van der Waals surface area contributed by atoms with Gasteiger partial charge in [0.25, 0.3) is 0 Å². The second-order valence-corrected chi connectivity index (χ2v) is 6.35. The standard InChI is InChI=1S/C18H24N4O2/c1-14-4-5-17(19-9-14)20-10-15-6-7-22(12-15)13-18(23)21-11-16-3-2-8-24-16/h2-5,8-9,15H,6-7,10-13H2,1H3,(H,19,20)(H,21,23)/t15-/m1/s1. The molecule has 24 heavy (non-hydrogen) atoms. The Morgan fingerprint density at radius 3 is 3.08 bits per heavy atom. The molecule has 0 bridgehead atoms. The molecule has 0 radical (unpaired) electrons. The lowest BCUT2D eigenvalue weighted by molar-refractivity contribution is -0.122. The molecule has 1 amide bonds. The number of nitrogens with zero attached hydrogens (tertiary/aromatic N) is 2. The quantitative estimate of drug-likeness (QED) is 0.814. The largest absolute Gasteiger partial charge is 0.467 e. The maximum atomic E-state index is 12.0. The Morgan fingerprint density at radius 2 is 2.33 bits per heavy atom. The van der Waals surface area contributed by atoms with Gasteiger partial charge in [0.05, 0.1) is 19.4 Å². The molecule has 1 aliphatic heterocycles. The second kappa shape index (κ2) is 7.97. The molecular weight excluding hydrogens is 304 g/mol. The third kappa shape index (κ3) is 4.83. The molecule has 1 aliphatic rings. The van der Waals surface area contributed by atoms with Gasteiger partial charge in [-0.2, -0.15) is 0 Å². The zero-order valence-corrected chi connectivity index (χ0v) is 14.0. The number of hydrogen-bond donors (Lipinski definition) is 2. The maximum absolute atomic E-state index is 12.0. The van der Waals surface area contributed by atoms with Crippen LogP contribution in [0.1, 0.15) is 17.7 Å². The van der Waals surface area contributed by atoms with Gasteiger partial charge in [-0.1, -0.05) is 6.07 Å².